The van der Waals surface area contributed by atoms with Gasteiger partial charge in [0, 0.05) is 11.6 Å². The summed E-state index contributed by atoms with van der Waals surface area (Å²) in [5, 5.41) is 6.97. The van der Waals surface area contributed by atoms with Gasteiger partial charge in [-0.1, -0.05) is 12.2 Å². The molecule has 4 heteroatoms. The molecule has 3 N–H and O–H groups in total. The first-order valence-electron chi connectivity index (χ1n) is 4.08. The highest BCUT2D eigenvalue weighted by molar-refractivity contribution is 7.80. The predicted molar refractivity (Wildman–Crippen MR) is 50.9 cm³/mol. The molecule has 0 fully saturated rings. The first-order chi connectivity index (χ1) is 5.77. The van der Waals surface area contributed by atoms with Crippen molar-refractivity contribution in [3.63, 3.8) is 0 Å². The van der Waals surface area contributed by atoms with Crippen LogP contribution in [0.2, 0.25) is 0 Å². The van der Waals surface area contributed by atoms with Gasteiger partial charge in [0.1, 0.15) is 0 Å². The Hall–Kier alpha value is -0.900. The van der Waals surface area contributed by atoms with E-state index in [1.165, 1.54) is 11.3 Å². The van der Waals surface area contributed by atoms with E-state index in [-0.39, 0.29) is 0 Å². The van der Waals surface area contributed by atoms with Crippen molar-refractivity contribution in [2.24, 2.45) is 11.7 Å². The zero-order chi connectivity index (χ0) is 8.55. The molecule has 1 aromatic heterocycles. The lowest BCUT2D eigenvalue weighted by molar-refractivity contribution is 0.580. The lowest BCUT2D eigenvalue weighted by atomic mass is 9.88. The van der Waals surface area contributed by atoms with E-state index in [2.05, 4.69) is 10.2 Å². The fourth-order valence-corrected chi connectivity index (χ4v) is 1.86. The van der Waals surface area contributed by atoms with Gasteiger partial charge in [0.05, 0.1) is 11.2 Å². The molecule has 0 unspecified atom stereocenters. The summed E-state index contributed by atoms with van der Waals surface area (Å²) >= 11 is 4.97. The zero-order valence-electron chi connectivity index (χ0n) is 6.71. The van der Waals surface area contributed by atoms with Crippen LogP contribution in [0.25, 0.3) is 0 Å². The van der Waals surface area contributed by atoms with Gasteiger partial charge in [-0.2, -0.15) is 5.10 Å². The van der Waals surface area contributed by atoms with Gasteiger partial charge in [-0.3, -0.25) is 5.10 Å². The molecule has 1 heterocycles. The number of aromatic amines is 1. The third-order valence-electron chi connectivity index (χ3n) is 2.42. The third-order valence-corrected chi connectivity index (χ3v) is 2.75. The molecule has 0 saturated heterocycles. The molecule has 0 radical (unpaired) electrons. The van der Waals surface area contributed by atoms with Gasteiger partial charge in [-0.15, -0.1) is 0 Å². The number of thiocarbonyl (C=S) groups is 1. The Labute approximate surface area is 76.3 Å². The Morgan fingerprint density at radius 1 is 1.75 bits per heavy atom. The first-order valence-corrected chi connectivity index (χ1v) is 4.48. The molecule has 0 spiro atoms. The van der Waals surface area contributed by atoms with E-state index >= 15 is 0 Å². The predicted octanol–water partition coefficient (Wildman–Crippen LogP) is 0.801. The van der Waals surface area contributed by atoms with Crippen LogP contribution in [0, 0.1) is 5.92 Å². The largest absolute Gasteiger partial charge is 0.393 e. The van der Waals surface area contributed by atoms with Crippen molar-refractivity contribution in [3.05, 3.63) is 17.5 Å². The number of nitrogens with one attached hydrogen (secondary N) is 1. The quantitative estimate of drug-likeness (QED) is 0.630. The molecule has 0 amide bonds. The second kappa shape index (κ2) is 2.86. The molecule has 64 valence electrons. The van der Waals surface area contributed by atoms with Gasteiger partial charge < -0.3 is 5.73 Å². The molecule has 2 rings (SSSR count). The first kappa shape index (κ1) is 7.73. The Morgan fingerprint density at radius 2 is 2.58 bits per heavy atom. The van der Waals surface area contributed by atoms with Crippen LogP contribution in [0.15, 0.2) is 6.20 Å². The molecule has 12 heavy (non-hydrogen) atoms. The van der Waals surface area contributed by atoms with Gasteiger partial charge in [-0.05, 0) is 24.8 Å². The molecule has 1 aliphatic rings. The number of nitrogens with zero attached hydrogens (tertiary/aromatic N) is 1. The number of fused-ring (bicyclic) bond motifs is 1. The molecule has 1 atom stereocenters. The summed E-state index contributed by atoms with van der Waals surface area (Å²) in [5.41, 5.74) is 8.12. The monoisotopic (exact) mass is 181 g/mol. The number of hydrogen-bond donors (Lipinski definition) is 2. The second-order valence-corrected chi connectivity index (χ2v) is 3.69. The number of rotatable bonds is 1. The average molecular weight is 181 g/mol. The maximum absolute atomic E-state index is 5.59. The Balaban J connectivity index is 2.20. The summed E-state index contributed by atoms with van der Waals surface area (Å²) in [6, 6.07) is 0. The standard InChI is InChI=1S/C8H11N3S/c9-8(12)5-1-2-7-6(3-5)4-10-11-7/h4-5H,1-3H2,(H2,9,12)(H,10,11)/t5-/m1/s1. The smallest absolute Gasteiger partial charge is 0.0762 e. The topological polar surface area (TPSA) is 54.7 Å². The molecule has 3 nitrogen and oxygen atoms in total. The van der Waals surface area contributed by atoms with E-state index in [0.717, 1.165) is 19.3 Å². The normalized spacial score (nSPS) is 21.8. The molecule has 0 aromatic carbocycles. The van der Waals surface area contributed by atoms with Crippen LogP contribution in [0.4, 0.5) is 0 Å². The van der Waals surface area contributed by atoms with Crippen molar-refractivity contribution < 1.29 is 0 Å². The summed E-state index contributed by atoms with van der Waals surface area (Å²) in [6.45, 7) is 0. The summed E-state index contributed by atoms with van der Waals surface area (Å²) in [6.07, 6.45) is 4.92. The van der Waals surface area contributed by atoms with Gasteiger partial charge in [0.25, 0.3) is 0 Å². The summed E-state index contributed by atoms with van der Waals surface area (Å²) in [5.74, 6) is 0.380. The lowest BCUT2D eigenvalue weighted by Gasteiger charge is -2.19. The molecular formula is C8H11N3S. The number of nitrogens with two attached hydrogens (primary N) is 1. The summed E-state index contributed by atoms with van der Waals surface area (Å²) in [7, 11) is 0. The molecule has 0 aliphatic heterocycles. The van der Waals surface area contributed by atoms with Gasteiger partial charge >= 0.3 is 0 Å². The van der Waals surface area contributed by atoms with Gasteiger partial charge in [-0.25, -0.2) is 0 Å². The molecule has 1 aliphatic carbocycles. The van der Waals surface area contributed by atoms with Crippen molar-refractivity contribution >= 4 is 17.2 Å². The van der Waals surface area contributed by atoms with Crippen molar-refractivity contribution in [3.8, 4) is 0 Å². The Morgan fingerprint density at radius 3 is 3.33 bits per heavy atom. The highest BCUT2D eigenvalue weighted by Gasteiger charge is 2.21. The van der Waals surface area contributed by atoms with Gasteiger partial charge in [0.15, 0.2) is 0 Å². The van der Waals surface area contributed by atoms with Crippen LogP contribution in [0.3, 0.4) is 0 Å². The minimum Gasteiger partial charge on any atom is -0.393 e. The Bertz CT molecular complexity index is 305. The fourth-order valence-electron chi connectivity index (χ4n) is 1.66. The van der Waals surface area contributed by atoms with E-state index < -0.39 is 0 Å². The van der Waals surface area contributed by atoms with Crippen molar-refractivity contribution in [1.82, 2.24) is 10.2 Å². The van der Waals surface area contributed by atoms with Gasteiger partial charge in [0.2, 0.25) is 0 Å². The minimum atomic E-state index is 0.380. The highest BCUT2D eigenvalue weighted by atomic mass is 32.1. The summed E-state index contributed by atoms with van der Waals surface area (Å²) < 4.78 is 0. The van der Waals surface area contributed by atoms with Crippen molar-refractivity contribution in [2.75, 3.05) is 0 Å². The van der Waals surface area contributed by atoms with E-state index in [0.29, 0.717) is 10.9 Å². The fraction of sp³-hybridized carbons (Fsp3) is 0.500. The van der Waals surface area contributed by atoms with E-state index in [4.69, 9.17) is 18.0 Å². The van der Waals surface area contributed by atoms with Crippen LogP contribution in [0.5, 0.6) is 0 Å². The Kier molecular flexibility index (Phi) is 1.84. The minimum absolute atomic E-state index is 0.380. The number of hydrogen-bond acceptors (Lipinski definition) is 2. The maximum Gasteiger partial charge on any atom is 0.0762 e. The summed E-state index contributed by atoms with van der Waals surface area (Å²) in [4.78, 5) is 0.641. The number of aryl methyl sites for hydroxylation is 1. The second-order valence-electron chi connectivity index (χ2n) is 3.22. The van der Waals surface area contributed by atoms with Crippen LogP contribution in [0.1, 0.15) is 17.7 Å². The van der Waals surface area contributed by atoms with Crippen molar-refractivity contribution in [1.29, 1.82) is 0 Å². The molecular weight excluding hydrogens is 170 g/mol. The van der Waals surface area contributed by atoms with E-state index in [1.54, 1.807) is 0 Å². The van der Waals surface area contributed by atoms with Crippen LogP contribution < -0.4 is 5.73 Å². The van der Waals surface area contributed by atoms with Crippen LogP contribution >= 0.6 is 12.2 Å². The zero-order valence-corrected chi connectivity index (χ0v) is 7.53. The third kappa shape index (κ3) is 1.22. The van der Waals surface area contributed by atoms with Crippen LogP contribution in [-0.2, 0) is 12.8 Å². The lowest BCUT2D eigenvalue weighted by Crippen LogP contribution is -2.26. The van der Waals surface area contributed by atoms with E-state index in [9.17, 15) is 0 Å². The maximum atomic E-state index is 5.59. The highest BCUT2D eigenvalue weighted by Crippen LogP contribution is 2.23. The molecule has 0 saturated carbocycles. The number of H-pyrrole nitrogens is 1. The average Bonchev–Trinajstić information content (AvgIpc) is 2.49. The molecule has 1 aromatic rings. The van der Waals surface area contributed by atoms with Crippen LogP contribution in [-0.4, -0.2) is 15.2 Å². The SMILES string of the molecule is NC(=S)[C@@H]1CCc2[nH]ncc2C1. The molecule has 0 bridgehead atoms. The van der Waals surface area contributed by atoms with Crippen molar-refractivity contribution in [2.45, 2.75) is 19.3 Å². The van der Waals surface area contributed by atoms with E-state index in [1.807, 2.05) is 6.20 Å². The number of aromatic nitrogens is 2.